The average molecular weight is 239 g/mol. The molecule has 0 aromatic heterocycles. The van der Waals surface area contributed by atoms with E-state index in [0.717, 1.165) is 0 Å². The first kappa shape index (κ1) is 12.6. The Morgan fingerprint density at radius 2 is 1.76 bits per heavy atom. The third-order valence-electron chi connectivity index (χ3n) is 4.16. The Kier molecular flexibility index (Phi) is 3.52. The fourth-order valence-electron chi connectivity index (χ4n) is 2.88. The van der Waals surface area contributed by atoms with Crippen LogP contribution in [0.15, 0.2) is 0 Å². The van der Waals surface area contributed by atoms with Crippen LogP contribution >= 0.6 is 0 Å². The van der Waals surface area contributed by atoms with Crippen molar-refractivity contribution in [2.24, 2.45) is 11.8 Å². The molecule has 0 N–H and O–H groups in total. The van der Waals surface area contributed by atoms with Gasteiger partial charge in [-0.25, -0.2) is 0 Å². The van der Waals surface area contributed by atoms with Gasteiger partial charge in [0.15, 0.2) is 0 Å². The third-order valence-corrected chi connectivity index (χ3v) is 4.16. The number of amides is 1. The molecule has 0 aromatic carbocycles. The quantitative estimate of drug-likeness (QED) is 0.691. The Labute approximate surface area is 102 Å². The van der Waals surface area contributed by atoms with Gasteiger partial charge in [-0.1, -0.05) is 6.92 Å². The molecule has 2 saturated heterocycles. The van der Waals surface area contributed by atoms with Crippen molar-refractivity contribution < 1.29 is 14.3 Å². The molecule has 2 rings (SSSR count). The van der Waals surface area contributed by atoms with Crippen LogP contribution in [0.5, 0.6) is 0 Å². The number of likely N-dealkylation sites (tertiary alicyclic amines) is 1. The lowest BCUT2D eigenvalue weighted by Gasteiger charge is -2.30. The van der Waals surface area contributed by atoms with Gasteiger partial charge >= 0.3 is 0 Å². The third kappa shape index (κ3) is 2.37. The van der Waals surface area contributed by atoms with Crippen LogP contribution in [0.25, 0.3) is 0 Å². The van der Waals surface area contributed by atoms with Gasteiger partial charge in [0.1, 0.15) is 5.78 Å². The molecule has 2 fully saturated rings. The summed E-state index contributed by atoms with van der Waals surface area (Å²) in [5.41, 5.74) is 0. The van der Waals surface area contributed by atoms with E-state index in [1.54, 1.807) is 0 Å². The van der Waals surface area contributed by atoms with Crippen molar-refractivity contribution in [3.8, 4) is 0 Å². The summed E-state index contributed by atoms with van der Waals surface area (Å²) >= 11 is 0. The smallest absolute Gasteiger partial charge is 0.228 e. The first-order valence-electron chi connectivity index (χ1n) is 6.46. The predicted octanol–water partition coefficient (Wildman–Crippen LogP) is 1.24. The molecule has 1 amide bonds. The molecular formula is C13H21NO3. The van der Waals surface area contributed by atoms with Crippen molar-refractivity contribution in [2.75, 3.05) is 13.1 Å². The van der Waals surface area contributed by atoms with Crippen LogP contribution in [0.2, 0.25) is 0 Å². The van der Waals surface area contributed by atoms with Crippen molar-refractivity contribution in [1.82, 2.24) is 4.90 Å². The summed E-state index contributed by atoms with van der Waals surface area (Å²) in [6.07, 6.45) is 1.16. The normalized spacial score (nSPS) is 38.5. The van der Waals surface area contributed by atoms with Gasteiger partial charge in [-0.2, -0.15) is 0 Å². The van der Waals surface area contributed by atoms with E-state index in [1.807, 2.05) is 18.7 Å². The van der Waals surface area contributed by atoms with E-state index in [0.29, 0.717) is 25.9 Å². The molecule has 0 aliphatic carbocycles. The number of Topliss-reactive ketones (excluding diaryl/α,β-unsaturated/α-hetero) is 1. The summed E-state index contributed by atoms with van der Waals surface area (Å²) in [6, 6.07) is 0. The highest BCUT2D eigenvalue weighted by Gasteiger charge is 2.43. The molecule has 0 bridgehead atoms. The summed E-state index contributed by atoms with van der Waals surface area (Å²) in [7, 11) is 0. The molecule has 0 spiro atoms. The van der Waals surface area contributed by atoms with Gasteiger partial charge in [-0.15, -0.1) is 0 Å². The first-order valence-corrected chi connectivity index (χ1v) is 6.46. The Balaban J connectivity index is 2.02. The maximum absolute atomic E-state index is 12.4. The molecule has 0 aromatic rings. The van der Waals surface area contributed by atoms with Gasteiger partial charge in [-0.3, -0.25) is 9.59 Å². The number of carbonyl (C=O) groups is 2. The maximum Gasteiger partial charge on any atom is 0.228 e. The van der Waals surface area contributed by atoms with Crippen LogP contribution in [0.1, 0.15) is 33.6 Å². The number of piperidine rings is 1. The standard InChI is InChI=1S/C13H21NO3/c1-8-9(2)17-10(3)12(8)13(16)14-6-4-11(15)5-7-14/h8-10,12H,4-7H2,1-3H3. The van der Waals surface area contributed by atoms with Gasteiger partial charge in [0.2, 0.25) is 5.91 Å². The molecule has 2 aliphatic heterocycles. The topological polar surface area (TPSA) is 46.6 Å². The molecule has 2 heterocycles. The Morgan fingerprint density at radius 1 is 1.18 bits per heavy atom. The first-order chi connectivity index (χ1) is 8.00. The van der Waals surface area contributed by atoms with Crippen molar-refractivity contribution in [3.63, 3.8) is 0 Å². The Bertz CT molecular complexity index is 319. The monoisotopic (exact) mass is 239 g/mol. The van der Waals surface area contributed by atoms with Gasteiger partial charge < -0.3 is 9.64 Å². The SMILES string of the molecule is CC1OC(C)C(C(=O)N2CCC(=O)CC2)C1C. The molecule has 0 radical (unpaired) electrons. The minimum absolute atomic E-state index is 0.00914. The molecule has 2 aliphatic rings. The number of ketones is 1. The van der Waals surface area contributed by atoms with Crippen molar-refractivity contribution in [3.05, 3.63) is 0 Å². The molecule has 4 unspecified atom stereocenters. The zero-order valence-electron chi connectivity index (χ0n) is 10.8. The van der Waals surface area contributed by atoms with Crippen LogP contribution in [0, 0.1) is 11.8 Å². The number of rotatable bonds is 1. The van der Waals surface area contributed by atoms with E-state index in [4.69, 9.17) is 4.74 Å². The number of carbonyl (C=O) groups excluding carboxylic acids is 2. The summed E-state index contributed by atoms with van der Waals surface area (Å²) in [5.74, 6) is 0.654. The van der Waals surface area contributed by atoms with Crippen molar-refractivity contribution >= 4 is 11.7 Å². The summed E-state index contributed by atoms with van der Waals surface area (Å²) < 4.78 is 5.70. The number of nitrogens with zero attached hydrogens (tertiary/aromatic N) is 1. The fourth-order valence-corrected chi connectivity index (χ4v) is 2.88. The van der Waals surface area contributed by atoms with Gasteiger partial charge in [0.25, 0.3) is 0 Å². The highest BCUT2D eigenvalue weighted by Crippen LogP contribution is 2.33. The van der Waals surface area contributed by atoms with E-state index < -0.39 is 0 Å². The Morgan fingerprint density at radius 3 is 2.24 bits per heavy atom. The zero-order valence-corrected chi connectivity index (χ0v) is 10.8. The van der Waals surface area contributed by atoms with Crippen LogP contribution < -0.4 is 0 Å². The fraction of sp³-hybridized carbons (Fsp3) is 0.846. The molecular weight excluding hydrogens is 218 g/mol. The van der Waals surface area contributed by atoms with Crippen LogP contribution in [-0.4, -0.2) is 41.9 Å². The van der Waals surface area contributed by atoms with Crippen molar-refractivity contribution in [2.45, 2.75) is 45.8 Å². The van der Waals surface area contributed by atoms with E-state index in [-0.39, 0.29) is 35.7 Å². The van der Waals surface area contributed by atoms with Crippen LogP contribution in [0.4, 0.5) is 0 Å². The molecule has 4 nitrogen and oxygen atoms in total. The lowest BCUT2D eigenvalue weighted by Crippen LogP contribution is -2.45. The lowest BCUT2D eigenvalue weighted by atomic mass is 9.88. The lowest BCUT2D eigenvalue weighted by molar-refractivity contribution is -0.140. The predicted molar refractivity (Wildman–Crippen MR) is 63.5 cm³/mol. The van der Waals surface area contributed by atoms with E-state index in [2.05, 4.69) is 6.92 Å². The average Bonchev–Trinajstić information content (AvgIpc) is 2.53. The highest BCUT2D eigenvalue weighted by molar-refractivity contribution is 5.85. The summed E-state index contributed by atoms with van der Waals surface area (Å²) in [5, 5.41) is 0. The van der Waals surface area contributed by atoms with E-state index >= 15 is 0 Å². The summed E-state index contributed by atoms with van der Waals surface area (Å²) in [4.78, 5) is 25.4. The van der Waals surface area contributed by atoms with Crippen LogP contribution in [-0.2, 0) is 14.3 Å². The second-order valence-corrected chi connectivity index (χ2v) is 5.30. The number of hydrogen-bond acceptors (Lipinski definition) is 3. The zero-order chi connectivity index (χ0) is 12.6. The van der Waals surface area contributed by atoms with Gasteiger partial charge in [0.05, 0.1) is 18.1 Å². The molecule has 96 valence electrons. The Hall–Kier alpha value is -0.900. The molecule has 4 atom stereocenters. The largest absolute Gasteiger partial charge is 0.374 e. The highest BCUT2D eigenvalue weighted by atomic mass is 16.5. The molecule has 17 heavy (non-hydrogen) atoms. The minimum atomic E-state index is -0.0433. The second kappa shape index (κ2) is 4.77. The second-order valence-electron chi connectivity index (χ2n) is 5.30. The molecule has 0 saturated carbocycles. The number of hydrogen-bond donors (Lipinski definition) is 0. The van der Waals surface area contributed by atoms with E-state index in [9.17, 15) is 9.59 Å². The van der Waals surface area contributed by atoms with Crippen molar-refractivity contribution in [1.29, 1.82) is 0 Å². The molecule has 4 heteroatoms. The van der Waals surface area contributed by atoms with E-state index in [1.165, 1.54) is 0 Å². The van der Waals surface area contributed by atoms with Gasteiger partial charge in [-0.05, 0) is 19.8 Å². The minimum Gasteiger partial charge on any atom is -0.374 e. The number of ether oxygens (including phenoxy) is 1. The van der Waals surface area contributed by atoms with Gasteiger partial charge in [0, 0.05) is 25.9 Å². The summed E-state index contributed by atoms with van der Waals surface area (Å²) in [6.45, 7) is 7.24. The van der Waals surface area contributed by atoms with Crippen LogP contribution in [0.3, 0.4) is 0 Å². The maximum atomic E-state index is 12.4.